The van der Waals surface area contributed by atoms with E-state index in [4.69, 9.17) is 27.6 Å². The fourth-order valence-electron chi connectivity index (χ4n) is 1.70. The molecule has 1 aromatic heterocycles. The molecule has 0 aliphatic heterocycles. The normalized spacial score (nSPS) is 11.2. The summed E-state index contributed by atoms with van der Waals surface area (Å²) in [5.74, 6) is 1.17. The second-order valence-corrected chi connectivity index (χ2v) is 5.04. The number of aromatic nitrogens is 2. The molecule has 96 valence electrons. The zero-order valence-electron chi connectivity index (χ0n) is 10.2. The van der Waals surface area contributed by atoms with Gasteiger partial charge in [0, 0.05) is 23.5 Å². The van der Waals surface area contributed by atoms with Crippen molar-refractivity contribution in [1.82, 2.24) is 15.1 Å². The molecule has 2 aromatic rings. The lowest BCUT2D eigenvalue weighted by molar-refractivity contribution is 0.279. The van der Waals surface area contributed by atoms with Crippen LogP contribution in [0.3, 0.4) is 0 Å². The van der Waals surface area contributed by atoms with Gasteiger partial charge in [-0.05, 0) is 30.8 Å². The van der Waals surface area contributed by atoms with Gasteiger partial charge in [-0.25, -0.2) is 0 Å². The first kappa shape index (κ1) is 13.3. The molecule has 0 aliphatic carbocycles. The van der Waals surface area contributed by atoms with Gasteiger partial charge in [0.25, 0.3) is 0 Å². The van der Waals surface area contributed by atoms with E-state index in [1.807, 2.05) is 19.2 Å². The van der Waals surface area contributed by atoms with Crippen molar-refractivity contribution in [3.8, 4) is 0 Å². The highest BCUT2D eigenvalue weighted by Crippen LogP contribution is 2.20. The molecule has 0 N–H and O–H groups in total. The standard InChI is InChI=1S/C12H13Cl2N3O/c1-8-15-16-12(18-8)7-17(2)6-9-3-10(13)5-11(14)4-9/h3-5H,6-7H2,1-2H3. The first-order valence-electron chi connectivity index (χ1n) is 5.45. The molecule has 0 spiro atoms. The van der Waals surface area contributed by atoms with Gasteiger partial charge in [-0.3, -0.25) is 4.90 Å². The summed E-state index contributed by atoms with van der Waals surface area (Å²) in [5, 5.41) is 9.02. The van der Waals surface area contributed by atoms with E-state index in [1.54, 1.807) is 13.0 Å². The van der Waals surface area contributed by atoms with Crippen LogP contribution in [0.1, 0.15) is 17.3 Å². The van der Waals surface area contributed by atoms with Gasteiger partial charge in [-0.1, -0.05) is 23.2 Å². The molecule has 0 aliphatic rings. The van der Waals surface area contributed by atoms with E-state index in [0.29, 0.717) is 34.9 Å². The first-order valence-corrected chi connectivity index (χ1v) is 6.21. The summed E-state index contributed by atoms with van der Waals surface area (Å²) in [4.78, 5) is 2.05. The number of benzene rings is 1. The van der Waals surface area contributed by atoms with Crippen LogP contribution < -0.4 is 0 Å². The van der Waals surface area contributed by atoms with Gasteiger partial charge < -0.3 is 4.42 Å². The zero-order chi connectivity index (χ0) is 13.1. The predicted octanol–water partition coefficient (Wildman–Crippen LogP) is 3.32. The summed E-state index contributed by atoms with van der Waals surface area (Å²) < 4.78 is 5.32. The second kappa shape index (κ2) is 5.69. The van der Waals surface area contributed by atoms with Gasteiger partial charge in [0.15, 0.2) is 0 Å². The molecule has 6 heteroatoms. The topological polar surface area (TPSA) is 42.2 Å². The lowest BCUT2D eigenvalue weighted by Crippen LogP contribution is -2.17. The van der Waals surface area contributed by atoms with E-state index in [0.717, 1.165) is 5.56 Å². The van der Waals surface area contributed by atoms with Crippen molar-refractivity contribution in [2.75, 3.05) is 7.05 Å². The highest BCUT2D eigenvalue weighted by atomic mass is 35.5. The molecular weight excluding hydrogens is 273 g/mol. The third-order valence-electron chi connectivity index (χ3n) is 2.35. The van der Waals surface area contributed by atoms with E-state index in [2.05, 4.69) is 15.1 Å². The van der Waals surface area contributed by atoms with Crippen LogP contribution in [0, 0.1) is 6.92 Å². The molecular formula is C12H13Cl2N3O. The fourth-order valence-corrected chi connectivity index (χ4v) is 2.27. The van der Waals surface area contributed by atoms with Crippen molar-refractivity contribution in [1.29, 1.82) is 0 Å². The van der Waals surface area contributed by atoms with E-state index in [1.165, 1.54) is 0 Å². The van der Waals surface area contributed by atoms with E-state index >= 15 is 0 Å². The SMILES string of the molecule is Cc1nnc(CN(C)Cc2cc(Cl)cc(Cl)c2)o1. The van der Waals surface area contributed by atoms with Crippen LogP contribution >= 0.6 is 23.2 Å². The number of hydrogen-bond donors (Lipinski definition) is 0. The molecule has 0 bridgehead atoms. The zero-order valence-corrected chi connectivity index (χ0v) is 11.7. The third-order valence-corrected chi connectivity index (χ3v) is 2.78. The Morgan fingerprint density at radius 3 is 2.33 bits per heavy atom. The molecule has 0 unspecified atom stereocenters. The summed E-state index contributed by atoms with van der Waals surface area (Å²) in [6.07, 6.45) is 0. The summed E-state index contributed by atoms with van der Waals surface area (Å²) in [6, 6.07) is 5.50. The third kappa shape index (κ3) is 3.70. The van der Waals surface area contributed by atoms with Crippen molar-refractivity contribution in [2.45, 2.75) is 20.0 Å². The van der Waals surface area contributed by atoms with Crippen LogP contribution in [0.5, 0.6) is 0 Å². The molecule has 18 heavy (non-hydrogen) atoms. The minimum atomic E-state index is 0.573. The van der Waals surface area contributed by atoms with Crippen molar-refractivity contribution in [3.05, 3.63) is 45.6 Å². The number of aryl methyl sites for hydroxylation is 1. The average Bonchev–Trinajstić information content (AvgIpc) is 2.61. The quantitative estimate of drug-likeness (QED) is 0.864. The van der Waals surface area contributed by atoms with Crippen molar-refractivity contribution >= 4 is 23.2 Å². The van der Waals surface area contributed by atoms with Gasteiger partial charge in [0.05, 0.1) is 6.54 Å². The lowest BCUT2D eigenvalue weighted by Gasteiger charge is -2.14. The number of nitrogens with zero attached hydrogens (tertiary/aromatic N) is 3. The van der Waals surface area contributed by atoms with E-state index < -0.39 is 0 Å². The molecule has 0 radical (unpaired) electrons. The maximum Gasteiger partial charge on any atom is 0.230 e. The number of rotatable bonds is 4. The van der Waals surface area contributed by atoms with Crippen LogP contribution in [0.15, 0.2) is 22.6 Å². The van der Waals surface area contributed by atoms with Gasteiger partial charge in [0.1, 0.15) is 0 Å². The Morgan fingerprint density at radius 2 is 1.78 bits per heavy atom. The number of halogens is 2. The molecule has 0 saturated heterocycles. The number of hydrogen-bond acceptors (Lipinski definition) is 4. The van der Waals surface area contributed by atoms with Crippen LogP contribution in [-0.4, -0.2) is 22.1 Å². The van der Waals surface area contributed by atoms with Crippen LogP contribution in [0.4, 0.5) is 0 Å². The smallest absolute Gasteiger partial charge is 0.230 e. The maximum absolute atomic E-state index is 5.95. The minimum Gasteiger partial charge on any atom is -0.424 e. The summed E-state index contributed by atoms with van der Waals surface area (Å²) >= 11 is 11.9. The highest BCUT2D eigenvalue weighted by molar-refractivity contribution is 6.34. The van der Waals surface area contributed by atoms with E-state index in [-0.39, 0.29) is 0 Å². The Hall–Kier alpha value is -1.10. The summed E-state index contributed by atoms with van der Waals surface area (Å²) in [5.41, 5.74) is 1.05. The van der Waals surface area contributed by atoms with Crippen LogP contribution in [0.2, 0.25) is 10.0 Å². The summed E-state index contributed by atoms with van der Waals surface area (Å²) in [7, 11) is 1.97. The molecule has 0 fully saturated rings. The molecule has 0 atom stereocenters. The largest absolute Gasteiger partial charge is 0.424 e. The molecule has 0 amide bonds. The van der Waals surface area contributed by atoms with Gasteiger partial charge in [0.2, 0.25) is 11.8 Å². The Balaban J connectivity index is 2.00. The Bertz CT molecular complexity index is 522. The van der Waals surface area contributed by atoms with E-state index in [9.17, 15) is 0 Å². The second-order valence-electron chi connectivity index (χ2n) is 4.16. The first-order chi connectivity index (χ1) is 8.52. The van der Waals surface area contributed by atoms with Gasteiger partial charge in [-0.15, -0.1) is 10.2 Å². The molecule has 1 aromatic carbocycles. The average molecular weight is 286 g/mol. The predicted molar refractivity (Wildman–Crippen MR) is 70.7 cm³/mol. The highest BCUT2D eigenvalue weighted by Gasteiger charge is 2.08. The fraction of sp³-hybridized carbons (Fsp3) is 0.333. The molecule has 4 nitrogen and oxygen atoms in total. The van der Waals surface area contributed by atoms with Crippen molar-refractivity contribution < 1.29 is 4.42 Å². The molecule has 0 saturated carbocycles. The monoisotopic (exact) mass is 285 g/mol. The summed E-state index contributed by atoms with van der Waals surface area (Å²) in [6.45, 7) is 3.07. The lowest BCUT2D eigenvalue weighted by atomic mass is 10.2. The minimum absolute atomic E-state index is 0.573. The Morgan fingerprint density at radius 1 is 1.11 bits per heavy atom. The van der Waals surface area contributed by atoms with Crippen LogP contribution in [0.25, 0.3) is 0 Å². The Labute approximate surface area is 116 Å². The Kier molecular flexibility index (Phi) is 4.22. The van der Waals surface area contributed by atoms with Crippen molar-refractivity contribution in [3.63, 3.8) is 0 Å². The van der Waals surface area contributed by atoms with Crippen LogP contribution in [-0.2, 0) is 13.1 Å². The maximum atomic E-state index is 5.95. The van der Waals surface area contributed by atoms with Gasteiger partial charge in [-0.2, -0.15) is 0 Å². The van der Waals surface area contributed by atoms with Crippen molar-refractivity contribution in [2.24, 2.45) is 0 Å². The molecule has 2 rings (SSSR count). The van der Waals surface area contributed by atoms with Gasteiger partial charge >= 0.3 is 0 Å². The molecule has 1 heterocycles.